The predicted octanol–water partition coefficient (Wildman–Crippen LogP) is 2.37. The van der Waals surface area contributed by atoms with Crippen LogP contribution in [-0.2, 0) is 4.74 Å². The molecule has 0 saturated carbocycles. The van der Waals surface area contributed by atoms with Crippen molar-refractivity contribution in [2.75, 3.05) is 26.3 Å². The van der Waals surface area contributed by atoms with Crippen molar-refractivity contribution in [1.29, 1.82) is 0 Å². The number of amides is 1. The highest BCUT2D eigenvalue weighted by atomic mass is 79.9. The van der Waals surface area contributed by atoms with Crippen LogP contribution in [0.15, 0.2) is 22.7 Å². The van der Waals surface area contributed by atoms with Crippen LogP contribution in [0, 0.1) is 6.92 Å². The molecule has 1 N–H and O–H groups in total. The minimum absolute atomic E-state index is 0.0520. The maximum atomic E-state index is 12.4. The molecule has 1 saturated heterocycles. The molecular weight excluding hydrogens is 322 g/mol. The lowest BCUT2D eigenvalue weighted by molar-refractivity contribution is -0.00554. The van der Waals surface area contributed by atoms with Crippen molar-refractivity contribution in [2.24, 2.45) is 0 Å². The average molecular weight is 342 g/mol. The summed E-state index contributed by atoms with van der Waals surface area (Å²) in [6, 6.07) is 5.77. The van der Waals surface area contributed by atoms with Gasteiger partial charge in [0.15, 0.2) is 0 Å². The van der Waals surface area contributed by atoms with Gasteiger partial charge in [-0.3, -0.25) is 4.79 Å². The summed E-state index contributed by atoms with van der Waals surface area (Å²) in [5.74, 6) is 0.0787. The van der Waals surface area contributed by atoms with Gasteiger partial charge in [0, 0.05) is 23.1 Å². The number of piperidine rings is 1. The van der Waals surface area contributed by atoms with Gasteiger partial charge in [0.05, 0.1) is 19.3 Å². The molecule has 0 atom stereocenters. The number of likely N-dealkylation sites (tertiary alicyclic amines) is 1. The SMILES string of the molecule is Cc1cc(Br)cc(C(=O)N2CCC(OCCO)CC2)c1. The number of benzene rings is 1. The number of ether oxygens (including phenoxy) is 1. The lowest BCUT2D eigenvalue weighted by Crippen LogP contribution is -2.41. The fourth-order valence-corrected chi connectivity index (χ4v) is 3.10. The first kappa shape index (κ1) is 15.5. The van der Waals surface area contributed by atoms with Gasteiger partial charge in [-0.2, -0.15) is 0 Å². The Kier molecular flexibility index (Phi) is 5.57. The second-order valence-electron chi connectivity index (χ2n) is 5.10. The van der Waals surface area contributed by atoms with Gasteiger partial charge in [-0.05, 0) is 43.5 Å². The Balaban J connectivity index is 1.94. The van der Waals surface area contributed by atoms with Crippen LogP contribution in [0.1, 0.15) is 28.8 Å². The Bertz CT molecular complexity index is 450. The molecule has 1 aromatic rings. The van der Waals surface area contributed by atoms with Crippen molar-refractivity contribution >= 4 is 21.8 Å². The molecule has 0 bridgehead atoms. The molecular formula is C15H20BrNO3. The molecule has 1 heterocycles. The molecule has 0 unspecified atom stereocenters. The summed E-state index contributed by atoms with van der Waals surface area (Å²) < 4.78 is 6.44. The highest BCUT2D eigenvalue weighted by Crippen LogP contribution is 2.20. The molecule has 1 amide bonds. The number of aliphatic hydroxyl groups excluding tert-OH is 1. The van der Waals surface area contributed by atoms with Crippen LogP contribution in [0.25, 0.3) is 0 Å². The summed E-state index contributed by atoms with van der Waals surface area (Å²) >= 11 is 3.43. The van der Waals surface area contributed by atoms with E-state index in [1.165, 1.54) is 0 Å². The van der Waals surface area contributed by atoms with Crippen molar-refractivity contribution in [3.8, 4) is 0 Å². The standard InChI is InChI=1S/C15H20BrNO3/c1-11-8-12(10-13(16)9-11)15(19)17-4-2-14(3-5-17)20-7-6-18/h8-10,14,18H,2-7H2,1H3. The Morgan fingerprint density at radius 1 is 1.40 bits per heavy atom. The number of carbonyl (C=O) groups is 1. The number of aliphatic hydroxyl groups is 1. The van der Waals surface area contributed by atoms with Crippen LogP contribution in [0.4, 0.5) is 0 Å². The van der Waals surface area contributed by atoms with Gasteiger partial charge < -0.3 is 14.7 Å². The largest absolute Gasteiger partial charge is 0.394 e. The van der Waals surface area contributed by atoms with E-state index in [9.17, 15) is 4.79 Å². The summed E-state index contributed by atoms with van der Waals surface area (Å²) in [5.41, 5.74) is 1.80. The lowest BCUT2D eigenvalue weighted by atomic mass is 10.1. The molecule has 4 nitrogen and oxygen atoms in total. The van der Waals surface area contributed by atoms with Gasteiger partial charge in [0.1, 0.15) is 0 Å². The Morgan fingerprint density at radius 2 is 2.10 bits per heavy atom. The average Bonchev–Trinajstić information content (AvgIpc) is 2.44. The zero-order chi connectivity index (χ0) is 14.5. The predicted molar refractivity (Wildman–Crippen MR) is 80.8 cm³/mol. The summed E-state index contributed by atoms with van der Waals surface area (Å²) in [4.78, 5) is 14.3. The normalized spacial score (nSPS) is 16.4. The molecule has 2 rings (SSSR count). The number of carbonyl (C=O) groups excluding carboxylic acids is 1. The van der Waals surface area contributed by atoms with Gasteiger partial charge in [0.25, 0.3) is 5.91 Å². The van der Waals surface area contributed by atoms with Crippen LogP contribution >= 0.6 is 15.9 Å². The van der Waals surface area contributed by atoms with Crippen LogP contribution in [0.3, 0.4) is 0 Å². The van der Waals surface area contributed by atoms with E-state index >= 15 is 0 Å². The van der Waals surface area contributed by atoms with Gasteiger partial charge >= 0.3 is 0 Å². The fraction of sp³-hybridized carbons (Fsp3) is 0.533. The van der Waals surface area contributed by atoms with Crippen molar-refractivity contribution in [3.05, 3.63) is 33.8 Å². The van der Waals surface area contributed by atoms with E-state index < -0.39 is 0 Å². The molecule has 0 aliphatic carbocycles. The third-order valence-corrected chi connectivity index (χ3v) is 3.92. The number of halogens is 1. The monoisotopic (exact) mass is 341 g/mol. The quantitative estimate of drug-likeness (QED) is 0.914. The number of rotatable bonds is 4. The van der Waals surface area contributed by atoms with Crippen molar-refractivity contribution in [2.45, 2.75) is 25.9 Å². The van der Waals surface area contributed by atoms with E-state index in [1.807, 2.05) is 30.0 Å². The third kappa shape index (κ3) is 4.04. The molecule has 5 heteroatoms. The van der Waals surface area contributed by atoms with Gasteiger partial charge in [-0.15, -0.1) is 0 Å². The Labute approximate surface area is 127 Å². The molecule has 0 aromatic heterocycles. The van der Waals surface area contributed by atoms with E-state index in [0.29, 0.717) is 19.7 Å². The molecule has 1 aliphatic rings. The Morgan fingerprint density at radius 3 is 2.70 bits per heavy atom. The first-order chi connectivity index (χ1) is 9.60. The smallest absolute Gasteiger partial charge is 0.253 e. The van der Waals surface area contributed by atoms with E-state index in [-0.39, 0.29) is 18.6 Å². The van der Waals surface area contributed by atoms with Gasteiger partial charge in [-0.1, -0.05) is 15.9 Å². The molecule has 1 aromatic carbocycles. The van der Waals surface area contributed by atoms with Gasteiger partial charge in [0.2, 0.25) is 0 Å². The van der Waals surface area contributed by atoms with E-state index in [0.717, 1.165) is 28.4 Å². The molecule has 110 valence electrons. The topological polar surface area (TPSA) is 49.8 Å². The van der Waals surface area contributed by atoms with Crippen LogP contribution in [-0.4, -0.2) is 48.3 Å². The highest BCUT2D eigenvalue weighted by molar-refractivity contribution is 9.10. The zero-order valence-electron chi connectivity index (χ0n) is 11.6. The molecule has 0 radical (unpaired) electrons. The summed E-state index contributed by atoms with van der Waals surface area (Å²) in [6.45, 7) is 3.83. The number of aryl methyl sites for hydroxylation is 1. The van der Waals surface area contributed by atoms with E-state index in [1.54, 1.807) is 0 Å². The number of hydrogen-bond donors (Lipinski definition) is 1. The van der Waals surface area contributed by atoms with Crippen molar-refractivity contribution < 1.29 is 14.6 Å². The molecule has 1 aliphatic heterocycles. The van der Waals surface area contributed by atoms with Crippen molar-refractivity contribution in [3.63, 3.8) is 0 Å². The number of hydrogen-bond acceptors (Lipinski definition) is 3. The summed E-state index contributed by atoms with van der Waals surface area (Å²) in [7, 11) is 0. The van der Waals surface area contributed by atoms with E-state index in [4.69, 9.17) is 9.84 Å². The highest BCUT2D eigenvalue weighted by Gasteiger charge is 2.24. The van der Waals surface area contributed by atoms with Crippen molar-refractivity contribution in [1.82, 2.24) is 4.90 Å². The minimum atomic E-state index is 0.0520. The fourth-order valence-electron chi connectivity index (χ4n) is 2.49. The number of nitrogens with zero attached hydrogens (tertiary/aromatic N) is 1. The Hall–Kier alpha value is -0.910. The first-order valence-corrected chi connectivity index (χ1v) is 7.68. The van der Waals surface area contributed by atoms with Crippen LogP contribution in [0.2, 0.25) is 0 Å². The minimum Gasteiger partial charge on any atom is -0.394 e. The maximum absolute atomic E-state index is 12.4. The second-order valence-corrected chi connectivity index (χ2v) is 6.02. The second kappa shape index (κ2) is 7.20. The first-order valence-electron chi connectivity index (χ1n) is 6.89. The summed E-state index contributed by atoms with van der Waals surface area (Å²) in [6.07, 6.45) is 1.83. The third-order valence-electron chi connectivity index (χ3n) is 3.46. The van der Waals surface area contributed by atoms with Crippen LogP contribution < -0.4 is 0 Å². The van der Waals surface area contributed by atoms with Crippen LogP contribution in [0.5, 0.6) is 0 Å². The van der Waals surface area contributed by atoms with Gasteiger partial charge in [-0.25, -0.2) is 0 Å². The zero-order valence-corrected chi connectivity index (χ0v) is 13.2. The van der Waals surface area contributed by atoms with E-state index in [2.05, 4.69) is 15.9 Å². The molecule has 0 spiro atoms. The maximum Gasteiger partial charge on any atom is 0.253 e. The molecule has 20 heavy (non-hydrogen) atoms. The molecule has 1 fully saturated rings. The summed E-state index contributed by atoms with van der Waals surface area (Å²) in [5, 5.41) is 8.74. The lowest BCUT2D eigenvalue weighted by Gasteiger charge is -2.32.